The molecule has 149 valence electrons. The summed E-state index contributed by atoms with van der Waals surface area (Å²) in [6.07, 6.45) is -3.26. The molecule has 0 saturated carbocycles. The van der Waals surface area contributed by atoms with Crippen molar-refractivity contribution in [3.63, 3.8) is 0 Å². The molecule has 1 unspecified atom stereocenters. The van der Waals surface area contributed by atoms with E-state index in [1.165, 1.54) is 11.6 Å². The van der Waals surface area contributed by atoms with E-state index in [9.17, 15) is 13.2 Å². The molecule has 2 bridgehead atoms. The predicted molar refractivity (Wildman–Crippen MR) is 101 cm³/mol. The maximum absolute atomic E-state index is 12.8. The highest BCUT2D eigenvalue weighted by molar-refractivity contribution is 6.30. The fourth-order valence-electron chi connectivity index (χ4n) is 4.15. The molecule has 7 heteroatoms. The number of benzene rings is 2. The first-order valence-corrected chi connectivity index (χ1v) is 9.70. The van der Waals surface area contributed by atoms with Crippen molar-refractivity contribution in [1.82, 2.24) is 9.80 Å². The third-order valence-corrected chi connectivity index (χ3v) is 5.71. The summed E-state index contributed by atoms with van der Waals surface area (Å²) in [4.78, 5) is 4.85. The fraction of sp³-hybridized carbons (Fsp3) is 0.429. The van der Waals surface area contributed by atoms with Gasteiger partial charge in [0.2, 0.25) is 0 Å². The van der Waals surface area contributed by atoms with Gasteiger partial charge in [0.05, 0.1) is 5.56 Å². The van der Waals surface area contributed by atoms with Crippen LogP contribution in [0.1, 0.15) is 17.5 Å². The van der Waals surface area contributed by atoms with Crippen molar-refractivity contribution in [3.05, 3.63) is 64.7 Å². The van der Waals surface area contributed by atoms with E-state index < -0.39 is 11.7 Å². The number of rotatable bonds is 6. The van der Waals surface area contributed by atoms with Crippen LogP contribution < -0.4 is 4.74 Å². The van der Waals surface area contributed by atoms with Crippen LogP contribution in [0, 0.1) is 6.07 Å². The molecule has 2 saturated heterocycles. The summed E-state index contributed by atoms with van der Waals surface area (Å²) in [5.41, 5.74) is 0.484. The van der Waals surface area contributed by atoms with E-state index in [4.69, 9.17) is 16.3 Å². The first kappa shape index (κ1) is 19.6. The van der Waals surface area contributed by atoms with Crippen molar-refractivity contribution >= 4 is 11.6 Å². The second kappa shape index (κ2) is 7.93. The Balaban J connectivity index is 1.25. The molecule has 2 atom stereocenters. The van der Waals surface area contributed by atoms with E-state index >= 15 is 0 Å². The maximum Gasteiger partial charge on any atom is 0.416 e. The van der Waals surface area contributed by atoms with Crippen LogP contribution in [-0.2, 0) is 12.7 Å². The van der Waals surface area contributed by atoms with Gasteiger partial charge in [0.15, 0.2) is 0 Å². The lowest BCUT2D eigenvalue weighted by atomic mass is 10.2. The molecule has 2 heterocycles. The predicted octanol–water partition coefficient (Wildman–Crippen LogP) is 4.50. The van der Waals surface area contributed by atoms with Crippen molar-refractivity contribution in [2.45, 2.75) is 31.2 Å². The lowest BCUT2D eigenvalue weighted by Crippen LogP contribution is -2.47. The second-order valence-corrected chi connectivity index (χ2v) is 7.84. The number of hydrogen-bond donors (Lipinski definition) is 0. The summed E-state index contributed by atoms with van der Waals surface area (Å²) < 4.78 is 43.8. The molecular formula is C21H21ClF3N2O. The first-order chi connectivity index (χ1) is 13.4. The number of fused-ring (bicyclic) bond motifs is 2. The summed E-state index contributed by atoms with van der Waals surface area (Å²) >= 11 is 6.07. The minimum atomic E-state index is -4.38. The number of likely N-dealkylation sites (tertiary alicyclic amines) is 2. The summed E-state index contributed by atoms with van der Waals surface area (Å²) in [5.74, 6) is 0.210. The van der Waals surface area contributed by atoms with Gasteiger partial charge in [-0.1, -0.05) is 23.7 Å². The van der Waals surface area contributed by atoms with Gasteiger partial charge in [-0.3, -0.25) is 9.80 Å². The van der Waals surface area contributed by atoms with E-state index in [1.807, 2.05) is 18.2 Å². The zero-order valence-corrected chi connectivity index (χ0v) is 16.0. The van der Waals surface area contributed by atoms with Crippen molar-refractivity contribution < 1.29 is 17.9 Å². The molecule has 1 radical (unpaired) electrons. The molecule has 4 rings (SSSR count). The van der Waals surface area contributed by atoms with E-state index in [1.54, 1.807) is 0 Å². The van der Waals surface area contributed by atoms with E-state index in [-0.39, 0.29) is 5.75 Å². The Morgan fingerprint density at radius 3 is 2.61 bits per heavy atom. The molecule has 0 aliphatic carbocycles. The molecule has 0 spiro atoms. The van der Waals surface area contributed by atoms with Gasteiger partial charge in [0.1, 0.15) is 12.4 Å². The third-order valence-electron chi connectivity index (χ3n) is 5.48. The van der Waals surface area contributed by atoms with Gasteiger partial charge in [-0.2, -0.15) is 13.2 Å². The molecule has 0 aromatic heterocycles. The summed E-state index contributed by atoms with van der Waals surface area (Å²) in [5, 5.41) is 0.757. The molecule has 2 fully saturated rings. The molecular weight excluding hydrogens is 389 g/mol. The van der Waals surface area contributed by atoms with Crippen LogP contribution in [0.4, 0.5) is 13.2 Å². The third kappa shape index (κ3) is 4.45. The van der Waals surface area contributed by atoms with Crippen LogP contribution in [0.2, 0.25) is 5.02 Å². The van der Waals surface area contributed by atoms with Crippen molar-refractivity contribution in [2.75, 3.05) is 26.2 Å². The number of nitrogens with zero attached hydrogens (tertiary/aromatic N) is 2. The highest BCUT2D eigenvalue weighted by atomic mass is 35.5. The van der Waals surface area contributed by atoms with Gasteiger partial charge in [-0.05, 0) is 48.4 Å². The minimum absolute atomic E-state index is 0.210. The SMILES string of the molecule is FC(F)(F)c1c[c]cc(OCCN2C[C@@H]3CC2CN3Cc2cccc(Cl)c2)c1. The standard InChI is InChI=1S/C21H21ClF3N2O/c22-17-5-1-3-15(9-17)12-27-14-18-11-19(27)13-26(18)7-8-28-20-6-2-4-16(10-20)21(23,24)25/h1,3-6,9-10,18-19H,7-8,11-14H2/t18?,19-/m0/s1. The zero-order chi connectivity index (χ0) is 19.7. The Hall–Kier alpha value is -1.76. The van der Waals surface area contributed by atoms with Crippen LogP contribution in [0.5, 0.6) is 5.75 Å². The van der Waals surface area contributed by atoms with E-state index in [2.05, 4.69) is 21.9 Å². The summed E-state index contributed by atoms with van der Waals surface area (Å²) in [7, 11) is 0. The van der Waals surface area contributed by atoms with Crippen molar-refractivity contribution in [1.29, 1.82) is 0 Å². The van der Waals surface area contributed by atoms with Gasteiger partial charge < -0.3 is 4.74 Å². The number of alkyl halides is 3. The molecule has 2 aromatic carbocycles. The van der Waals surface area contributed by atoms with Crippen LogP contribution in [-0.4, -0.2) is 48.1 Å². The number of piperazine rings is 1. The van der Waals surface area contributed by atoms with Gasteiger partial charge in [-0.15, -0.1) is 0 Å². The van der Waals surface area contributed by atoms with Crippen LogP contribution in [0.3, 0.4) is 0 Å². The first-order valence-electron chi connectivity index (χ1n) is 9.32. The average molecular weight is 410 g/mol. The minimum Gasteiger partial charge on any atom is -0.492 e. The van der Waals surface area contributed by atoms with Crippen molar-refractivity contribution in [3.8, 4) is 5.75 Å². The number of hydrogen-bond acceptors (Lipinski definition) is 3. The molecule has 2 aromatic rings. The van der Waals surface area contributed by atoms with E-state index in [0.717, 1.165) is 43.2 Å². The van der Waals surface area contributed by atoms with Gasteiger partial charge in [-0.25, -0.2) is 0 Å². The van der Waals surface area contributed by atoms with Gasteiger partial charge >= 0.3 is 6.18 Å². The maximum atomic E-state index is 12.8. The molecule has 2 aliphatic heterocycles. The Bertz CT molecular complexity index is 829. The Morgan fingerprint density at radius 2 is 1.89 bits per heavy atom. The highest BCUT2D eigenvalue weighted by Gasteiger charge is 2.42. The highest BCUT2D eigenvalue weighted by Crippen LogP contribution is 2.33. The molecule has 2 aliphatic rings. The fourth-order valence-corrected chi connectivity index (χ4v) is 4.36. The molecule has 0 N–H and O–H groups in total. The smallest absolute Gasteiger partial charge is 0.416 e. The zero-order valence-electron chi connectivity index (χ0n) is 15.3. The lowest BCUT2D eigenvalue weighted by Gasteiger charge is -2.34. The van der Waals surface area contributed by atoms with Gasteiger partial charge in [0, 0.05) is 43.3 Å². The summed E-state index contributed by atoms with van der Waals surface area (Å²) in [6, 6.07) is 14.8. The number of halogens is 4. The monoisotopic (exact) mass is 409 g/mol. The second-order valence-electron chi connectivity index (χ2n) is 7.40. The normalized spacial score (nSPS) is 22.7. The Morgan fingerprint density at radius 1 is 1.11 bits per heavy atom. The van der Waals surface area contributed by atoms with Crippen LogP contribution in [0.25, 0.3) is 0 Å². The van der Waals surface area contributed by atoms with Crippen LogP contribution in [0.15, 0.2) is 42.5 Å². The molecule has 28 heavy (non-hydrogen) atoms. The Kier molecular flexibility index (Phi) is 5.54. The van der Waals surface area contributed by atoms with Crippen LogP contribution >= 0.6 is 11.6 Å². The average Bonchev–Trinajstić information content (AvgIpc) is 3.21. The molecule has 0 amide bonds. The largest absolute Gasteiger partial charge is 0.492 e. The lowest BCUT2D eigenvalue weighted by molar-refractivity contribution is -0.137. The van der Waals surface area contributed by atoms with Gasteiger partial charge in [0.25, 0.3) is 0 Å². The quantitative estimate of drug-likeness (QED) is 0.698. The summed E-state index contributed by atoms with van der Waals surface area (Å²) in [6.45, 7) is 3.93. The molecule has 3 nitrogen and oxygen atoms in total. The van der Waals surface area contributed by atoms with E-state index in [0.29, 0.717) is 25.2 Å². The van der Waals surface area contributed by atoms with Crippen molar-refractivity contribution in [2.24, 2.45) is 0 Å². The topological polar surface area (TPSA) is 15.7 Å². The Labute approximate surface area is 167 Å². The number of ether oxygens (including phenoxy) is 1.